The highest BCUT2D eigenvalue weighted by Gasteiger charge is 2.17. The van der Waals surface area contributed by atoms with E-state index >= 15 is 0 Å². The number of benzene rings is 2. The Kier molecular flexibility index (Phi) is 2.59. The molecule has 0 unspecified atom stereocenters. The fourth-order valence-electron chi connectivity index (χ4n) is 2.00. The maximum Gasteiger partial charge on any atom is 0.0413 e. The largest absolute Gasteiger partial charge is 0.398 e. The minimum absolute atomic E-state index is 0.111. The molecule has 0 heterocycles. The van der Waals surface area contributed by atoms with Crippen molar-refractivity contribution in [2.75, 3.05) is 5.73 Å². The number of hydrogen-bond acceptors (Lipinski definition) is 1. The van der Waals surface area contributed by atoms with Crippen LogP contribution in [0.15, 0.2) is 30.3 Å². The first kappa shape index (κ1) is 11.3. The van der Waals surface area contributed by atoms with Crippen LogP contribution in [0, 0.1) is 0 Å². The Morgan fingerprint density at radius 3 is 2.31 bits per heavy atom. The lowest BCUT2D eigenvalue weighted by Gasteiger charge is -2.22. The van der Waals surface area contributed by atoms with Gasteiger partial charge in [-0.05, 0) is 34.6 Å². The van der Waals surface area contributed by atoms with E-state index in [0.29, 0.717) is 0 Å². The first-order chi connectivity index (χ1) is 7.39. The summed E-state index contributed by atoms with van der Waals surface area (Å²) < 4.78 is 0. The van der Waals surface area contributed by atoms with E-state index in [2.05, 4.69) is 32.9 Å². The van der Waals surface area contributed by atoms with Crippen molar-refractivity contribution in [3.8, 4) is 0 Å². The van der Waals surface area contributed by atoms with Gasteiger partial charge in [0.05, 0.1) is 0 Å². The van der Waals surface area contributed by atoms with Gasteiger partial charge in [0.2, 0.25) is 0 Å². The molecule has 0 atom stereocenters. The van der Waals surface area contributed by atoms with Gasteiger partial charge in [-0.15, -0.1) is 0 Å². The third-order valence-corrected chi connectivity index (χ3v) is 3.06. The molecule has 16 heavy (non-hydrogen) atoms. The lowest BCUT2D eigenvalue weighted by atomic mass is 9.83. The van der Waals surface area contributed by atoms with Gasteiger partial charge in [-0.25, -0.2) is 0 Å². The maximum absolute atomic E-state index is 6.00. The lowest BCUT2D eigenvalue weighted by Crippen LogP contribution is -2.11. The zero-order chi connectivity index (χ0) is 11.9. The molecule has 1 nitrogen and oxygen atoms in total. The van der Waals surface area contributed by atoms with Gasteiger partial charge in [0.1, 0.15) is 0 Å². The smallest absolute Gasteiger partial charge is 0.0413 e. The van der Waals surface area contributed by atoms with Gasteiger partial charge >= 0.3 is 0 Å². The minimum Gasteiger partial charge on any atom is -0.398 e. The maximum atomic E-state index is 6.00. The molecular weight excluding hydrogens is 218 g/mol. The van der Waals surface area contributed by atoms with Crippen molar-refractivity contribution in [1.29, 1.82) is 0 Å². The van der Waals surface area contributed by atoms with Crippen molar-refractivity contribution in [2.45, 2.75) is 26.2 Å². The topological polar surface area (TPSA) is 26.0 Å². The van der Waals surface area contributed by atoms with Gasteiger partial charge in [0.25, 0.3) is 0 Å². The summed E-state index contributed by atoms with van der Waals surface area (Å²) in [5, 5.41) is 2.96. The van der Waals surface area contributed by atoms with Gasteiger partial charge in [-0.2, -0.15) is 0 Å². The fraction of sp³-hybridized carbons (Fsp3) is 0.286. The van der Waals surface area contributed by atoms with Gasteiger partial charge in [-0.1, -0.05) is 44.5 Å². The molecule has 0 aliphatic rings. The molecular formula is C14H16ClN. The molecule has 2 aromatic carbocycles. The van der Waals surface area contributed by atoms with Crippen molar-refractivity contribution in [3.63, 3.8) is 0 Å². The van der Waals surface area contributed by atoms with Gasteiger partial charge in [-0.3, -0.25) is 0 Å². The highest BCUT2D eigenvalue weighted by atomic mass is 35.5. The number of anilines is 1. The first-order valence-electron chi connectivity index (χ1n) is 5.38. The summed E-state index contributed by atoms with van der Waals surface area (Å²) in [6.07, 6.45) is 0. The van der Waals surface area contributed by atoms with Gasteiger partial charge in [0.15, 0.2) is 0 Å². The van der Waals surface area contributed by atoms with Crippen LogP contribution in [-0.2, 0) is 5.41 Å². The van der Waals surface area contributed by atoms with E-state index < -0.39 is 0 Å². The van der Waals surface area contributed by atoms with Crippen LogP contribution in [0.25, 0.3) is 10.8 Å². The molecule has 84 valence electrons. The molecule has 0 aliphatic heterocycles. The average Bonchev–Trinajstić information content (AvgIpc) is 2.17. The molecule has 2 rings (SSSR count). The molecule has 2 aromatic rings. The standard InChI is InChI=1S/C14H16ClN/c1-14(2,3)12-6-7-13(16)11-8-9(15)4-5-10(11)12/h4-8H,16H2,1-3H3. The van der Waals surface area contributed by atoms with Crippen molar-refractivity contribution >= 4 is 28.1 Å². The van der Waals surface area contributed by atoms with Crippen LogP contribution in [0.5, 0.6) is 0 Å². The predicted molar refractivity (Wildman–Crippen MR) is 72.1 cm³/mol. The molecule has 2 N–H and O–H groups in total. The number of nitrogens with two attached hydrogens (primary N) is 1. The summed E-state index contributed by atoms with van der Waals surface area (Å²) in [7, 11) is 0. The number of hydrogen-bond donors (Lipinski definition) is 1. The van der Waals surface area contributed by atoms with Crippen LogP contribution in [0.1, 0.15) is 26.3 Å². The van der Waals surface area contributed by atoms with Crippen LogP contribution in [-0.4, -0.2) is 0 Å². The van der Waals surface area contributed by atoms with Crippen LogP contribution in [0.4, 0.5) is 5.69 Å². The van der Waals surface area contributed by atoms with E-state index in [0.717, 1.165) is 16.1 Å². The second kappa shape index (κ2) is 3.67. The SMILES string of the molecule is CC(C)(C)c1ccc(N)c2cc(Cl)ccc12. The molecule has 0 bridgehead atoms. The molecule has 0 saturated heterocycles. The third-order valence-electron chi connectivity index (χ3n) is 2.82. The highest BCUT2D eigenvalue weighted by molar-refractivity contribution is 6.31. The molecule has 0 aromatic heterocycles. The zero-order valence-electron chi connectivity index (χ0n) is 9.84. The van der Waals surface area contributed by atoms with Crippen molar-refractivity contribution in [1.82, 2.24) is 0 Å². The summed E-state index contributed by atoms with van der Waals surface area (Å²) in [5.41, 5.74) is 8.17. The van der Waals surface area contributed by atoms with E-state index in [9.17, 15) is 0 Å². The fourth-order valence-corrected chi connectivity index (χ4v) is 2.17. The summed E-state index contributed by atoms with van der Waals surface area (Å²) in [4.78, 5) is 0. The van der Waals surface area contributed by atoms with Gasteiger partial charge < -0.3 is 5.73 Å². The quantitative estimate of drug-likeness (QED) is 0.672. The molecule has 0 amide bonds. The molecule has 0 aliphatic carbocycles. The van der Waals surface area contributed by atoms with Crippen LogP contribution >= 0.6 is 11.6 Å². The summed E-state index contributed by atoms with van der Waals surface area (Å²) in [6, 6.07) is 9.96. The third kappa shape index (κ3) is 1.88. The second-order valence-electron chi connectivity index (χ2n) is 5.14. The Morgan fingerprint density at radius 1 is 1.00 bits per heavy atom. The Hall–Kier alpha value is -1.21. The lowest BCUT2D eigenvalue weighted by molar-refractivity contribution is 0.596. The van der Waals surface area contributed by atoms with Crippen molar-refractivity contribution in [3.05, 3.63) is 40.9 Å². The zero-order valence-corrected chi connectivity index (χ0v) is 10.6. The average molecular weight is 234 g/mol. The second-order valence-corrected chi connectivity index (χ2v) is 5.58. The number of nitrogen functional groups attached to an aromatic ring is 1. The van der Waals surface area contributed by atoms with Crippen LogP contribution < -0.4 is 5.73 Å². The summed E-state index contributed by atoms with van der Waals surface area (Å²) >= 11 is 6.00. The molecule has 0 fully saturated rings. The number of rotatable bonds is 0. The number of halogens is 1. The van der Waals surface area contributed by atoms with Crippen molar-refractivity contribution in [2.24, 2.45) is 0 Å². The molecule has 0 spiro atoms. The molecule has 0 radical (unpaired) electrons. The Balaban J connectivity index is 2.85. The Morgan fingerprint density at radius 2 is 1.69 bits per heavy atom. The normalized spacial score (nSPS) is 12.0. The Bertz CT molecular complexity index is 538. The molecule has 2 heteroatoms. The monoisotopic (exact) mass is 233 g/mol. The predicted octanol–water partition coefficient (Wildman–Crippen LogP) is 4.37. The first-order valence-corrected chi connectivity index (χ1v) is 5.75. The van der Waals surface area contributed by atoms with E-state index in [4.69, 9.17) is 17.3 Å². The Labute approximate surface area is 101 Å². The number of fused-ring (bicyclic) bond motifs is 1. The minimum atomic E-state index is 0.111. The van der Waals surface area contributed by atoms with Gasteiger partial charge in [0, 0.05) is 16.1 Å². The van der Waals surface area contributed by atoms with E-state index in [1.807, 2.05) is 18.2 Å². The highest BCUT2D eigenvalue weighted by Crippen LogP contribution is 2.34. The van der Waals surface area contributed by atoms with E-state index in [1.54, 1.807) is 0 Å². The summed E-state index contributed by atoms with van der Waals surface area (Å²) in [5.74, 6) is 0. The summed E-state index contributed by atoms with van der Waals surface area (Å²) in [6.45, 7) is 6.60. The molecule has 0 saturated carbocycles. The van der Waals surface area contributed by atoms with Crippen LogP contribution in [0.2, 0.25) is 5.02 Å². The van der Waals surface area contributed by atoms with Crippen molar-refractivity contribution < 1.29 is 0 Å². The van der Waals surface area contributed by atoms with Crippen LogP contribution in [0.3, 0.4) is 0 Å². The van der Waals surface area contributed by atoms with E-state index in [-0.39, 0.29) is 5.41 Å². The van der Waals surface area contributed by atoms with E-state index in [1.165, 1.54) is 10.9 Å².